The van der Waals surface area contributed by atoms with Crippen molar-refractivity contribution in [3.8, 4) is 17.2 Å². The molecule has 144 valence electrons. The molecule has 5 heteroatoms. The minimum atomic E-state index is -0.548. The van der Waals surface area contributed by atoms with Gasteiger partial charge < -0.3 is 14.2 Å². The molecule has 0 aromatic heterocycles. The van der Waals surface area contributed by atoms with Crippen LogP contribution in [0.5, 0.6) is 17.2 Å². The van der Waals surface area contributed by atoms with Gasteiger partial charge in [-0.25, -0.2) is 4.79 Å². The van der Waals surface area contributed by atoms with Gasteiger partial charge in [-0.05, 0) is 68.3 Å². The quantitative estimate of drug-likeness (QED) is 0.544. The van der Waals surface area contributed by atoms with Crippen LogP contribution in [-0.4, -0.2) is 18.7 Å². The topological polar surface area (TPSA) is 44.8 Å². The lowest BCUT2D eigenvalue weighted by molar-refractivity contribution is -0.154. The van der Waals surface area contributed by atoms with Crippen LogP contribution in [-0.2, 0) is 9.53 Å². The Morgan fingerprint density at radius 1 is 0.963 bits per heavy atom. The van der Waals surface area contributed by atoms with E-state index in [2.05, 4.69) is 0 Å². The summed E-state index contributed by atoms with van der Waals surface area (Å²) in [6.45, 7) is 2.18. The lowest BCUT2D eigenvalue weighted by atomic mass is 9.85. The summed E-state index contributed by atoms with van der Waals surface area (Å²) in [5, 5.41) is 0.666. The Morgan fingerprint density at radius 2 is 1.52 bits per heavy atom. The average Bonchev–Trinajstić information content (AvgIpc) is 2.70. The second-order valence-corrected chi connectivity index (χ2v) is 7.15. The van der Waals surface area contributed by atoms with Crippen molar-refractivity contribution in [2.75, 3.05) is 6.61 Å². The largest absolute Gasteiger partial charge is 0.478 e. The first-order chi connectivity index (χ1) is 13.2. The van der Waals surface area contributed by atoms with Crippen LogP contribution in [0.3, 0.4) is 0 Å². The highest BCUT2D eigenvalue weighted by Gasteiger charge is 2.32. The fourth-order valence-electron chi connectivity index (χ4n) is 3.37. The molecular weight excluding hydrogens is 364 g/mol. The van der Waals surface area contributed by atoms with Crippen molar-refractivity contribution >= 4 is 17.6 Å². The molecular formula is C22H25ClO4. The second kappa shape index (κ2) is 9.65. The Labute approximate surface area is 165 Å². The van der Waals surface area contributed by atoms with E-state index in [0.717, 1.165) is 25.7 Å². The molecule has 1 aliphatic carbocycles. The highest BCUT2D eigenvalue weighted by molar-refractivity contribution is 6.30. The lowest BCUT2D eigenvalue weighted by Gasteiger charge is -2.29. The molecule has 2 aromatic carbocycles. The molecule has 1 aliphatic rings. The van der Waals surface area contributed by atoms with E-state index in [1.165, 1.54) is 6.42 Å². The van der Waals surface area contributed by atoms with Gasteiger partial charge in [0, 0.05) is 10.9 Å². The molecule has 0 radical (unpaired) electrons. The zero-order chi connectivity index (χ0) is 19.1. The minimum absolute atomic E-state index is 0.211. The molecule has 1 saturated carbocycles. The Morgan fingerprint density at radius 3 is 2.11 bits per heavy atom. The summed E-state index contributed by atoms with van der Waals surface area (Å²) in [5.74, 6) is 1.98. The monoisotopic (exact) mass is 388 g/mol. The molecule has 0 bridgehead atoms. The second-order valence-electron chi connectivity index (χ2n) is 6.72. The zero-order valence-corrected chi connectivity index (χ0v) is 16.3. The van der Waals surface area contributed by atoms with Crippen LogP contribution in [0.4, 0.5) is 0 Å². The normalized spacial score (nSPS) is 15.8. The van der Waals surface area contributed by atoms with Gasteiger partial charge in [0.25, 0.3) is 0 Å². The average molecular weight is 389 g/mol. The van der Waals surface area contributed by atoms with Gasteiger partial charge >= 0.3 is 5.97 Å². The number of hydrogen-bond acceptors (Lipinski definition) is 4. The predicted octanol–water partition coefficient (Wildman–Crippen LogP) is 6.02. The van der Waals surface area contributed by atoms with Crippen LogP contribution >= 0.6 is 11.6 Å². The van der Waals surface area contributed by atoms with E-state index in [-0.39, 0.29) is 11.9 Å². The van der Waals surface area contributed by atoms with Crippen LogP contribution < -0.4 is 9.47 Å². The standard InChI is InChI=1S/C22H25ClO4/c1-2-25-22(24)21(16-6-4-3-5-7-16)27-20-14-12-19(13-15-20)26-18-10-8-17(23)9-11-18/h8-16,21H,2-7H2,1H3. The van der Waals surface area contributed by atoms with Crippen molar-refractivity contribution in [3.63, 3.8) is 0 Å². The number of halogens is 1. The van der Waals surface area contributed by atoms with Gasteiger partial charge in [0.15, 0.2) is 6.10 Å². The van der Waals surface area contributed by atoms with Crippen molar-refractivity contribution in [1.82, 2.24) is 0 Å². The third-order valence-corrected chi connectivity index (χ3v) is 4.98. The molecule has 2 aromatic rings. The number of benzene rings is 2. The maximum atomic E-state index is 12.4. The summed E-state index contributed by atoms with van der Waals surface area (Å²) in [6, 6.07) is 14.5. The number of carbonyl (C=O) groups is 1. The number of rotatable bonds is 7. The van der Waals surface area contributed by atoms with E-state index < -0.39 is 6.10 Å². The fraction of sp³-hybridized carbons (Fsp3) is 0.409. The van der Waals surface area contributed by atoms with Gasteiger partial charge in [0.2, 0.25) is 0 Å². The highest BCUT2D eigenvalue weighted by Crippen LogP contribution is 2.31. The maximum Gasteiger partial charge on any atom is 0.347 e. The molecule has 3 rings (SSSR count). The molecule has 0 heterocycles. The SMILES string of the molecule is CCOC(=O)C(Oc1ccc(Oc2ccc(Cl)cc2)cc1)C1CCCCC1. The molecule has 4 nitrogen and oxygen atoms in total. The van der Waals surface area contributed by atoms with Gasteiger partial charge in [-0.2, -0.15) is 0 Å². The lowest BCUT2D eigenvalue weighted by Crippen LogP contribution is -2.37. The molecule has 27 heavy (non-hydrogen) atoms. The van der Waals surface area contributed by atoms with Gasteiger partial charge in [0.1, 0.15) is 17.2 Å². The number of hydrogen-bond donors (Lipinski definition) is 0. The maximum absolute atomic E-state index is 12.4. The first kappa shape index (κ1) is 19.6. The molecule has 0 N–H and O–H groups in total. The Kier molecular flexibility index (Phi) is 6.99. The van der Waals surface area contributed by atoms with E-state index in [0.29, 0.717) is 28.9 Å². The summed E-state index contributed by atoms with van der Waals surface area (Å²) >= 11 is 5.89. The van der Waals surface area contributed by atoms with Crippen molar-refractivity contribution in [3.05, 3.63) is 53.6 Å². The smallest absolute Gasteiger partial charge is 0.347 e. The summed E-state index contributed by atoms with van der Waals surface area (Å²) in [6.07, 6.45) is 4.95. The van der Waals surface area contributed by atoms with Crippen molar-refractivity contribution in [2.24, 2.45) is 5.92 Å². The number of ether oxygens (including phenoxy) is 3. The van der Waals surface area contributed by atoms with Crippen LogP contribution in [0, 0.1) is 5.92 Å². The summed E-state index contributed by atoms with van der Waals surface area (Å²) in [5.41, 5.74) is 0. The summed E-state index contributed by atoms with van der Waals surface area (Å²) in [4.78, 5) is 12.4. The van der Waals surface area contributed by atoms with Crippen molar-refractivity contribution in [2.45, 2.75) is 45.1 Å². The van der Waals surface area contributed by atoms with Gasteiger partial charge in [-0.15, -0.1) is 0 Å². The van der Waals surface area contributed by atoms with Crippen LogP contribution in [0.15, 0.2) is 48.5 Å². The third-order valence-electron chi connectivity index (χ3n) is 4.73. The van der Waals surface area contributed by atoms with Crippen molar-refractivity contribution in [1.29, 1.82) is 0 Å². The van der Waals surface area contributed by atoms with E-state index in [1.54, 1.807) is 12.1 Å². The minimum Gasteiger partial charge on any atom is -0.478 e. The number of esters is 1. The molecule has 1 unspecified atom stereocenters. The molecule has 0 saturated heterocycles. The van der Waals surface area contributed by atoms with Crippen LogP contribution in [0.1, 0.15) is 39.0 Å². The molecule has 0 spiro atoms. The van der Waals surface area contributed by atoms with Gasteiger partial charge in [-0.3, -0.25) is 0 Å². The first-order valence-corrected chi connectivity index (χ1v) is 9.90. The Bertz CT molecular complexity index is 721. The number of carbonyl (C=O) groups excluding carboxylic acids is 1. The van der Waals surface area contributed by atoms with E-state index in [1.807, 2.05) is 43.3 Å². The summed E-state index contributed by atoms with van der Waals surface area (Å²) < 4.78 is 17.1. The Hall–Kier alpha value is -2.20. The highest BCUT2D eigenvalue weighted by atomic mass is 35.5. The first-order valence-electron chi connectivity index (χ1n) is 9.52. The Balaban J connectivity index is 1.66. The van der Waals surface area contributed by atoms with Gasteiger partial charge in [0.05, 0.1) is 6.61 Å². The van der Waals surface area contributed by atoms with Crippen molar-refractivity contribution < 1.29 is 19.0 Å². The summed E-state index contributed by atoms with van der Waals surface area (Å²) in [7, 11) is 0. The molecule has 0 aliphatic heterocycles. The molecule has 0 amide bonds. The van der Waals surface area contributed by atoms with Crippen LogP contribution in [0.25, 0.3) is 0 Å². The predicted molar refractivity (Wildman–Crippen MR) is 106 cm³/mol. The van der Waals surface area contributed by atoms with E-state index >= 15 is 0 Å². The van der Waals surface area contributed by atoms with Gasteiger partial charge in [-0.1, -0.05) is 30.9 Å². The third kappa shape index (κ3) is 5.64. The molecule has 1 atom stereocenters. The zero-order valence-electron chi connectivity index (χ0n) is 15.5. The fourth-order valence-corrected chi connectivity index (χ4v) is 3.50. The van der Waals surface area contributed by atoms with Crippen LogP contribution in [0.2, 0.25) is 5.02 Å². The van der Waals surface area contributed by atoms with E-state index in [4.69, 9.17) is 25.8 Å². The van der Waals surface area contributed by atoms with E-state index in [9.17, 15) is 4.79 Å². The molecule has 1 fully saturated rings.